The van der Waals surface area contributed by atoms with E-state index in [4.69, 9.17) is 16.3 Å². The minimum atomic E-state index is -3.74. The first-order valence-corrected chi connectivity index (χ1v) is 13.0. The maximum absolute atomic E-state index is 14.0. The van der Waals surface area contributed by atoms with Crippen LogP contribution in [0.15, 0.2) is 42.5 Å². The molecule has 0 spiro atoms. The molecule has 0 aliphatic carbocycles. The van der Waals surface area contributed by atoms with Gasteiger partial charge in [-0.2, -0.15) is 0 Å². The molecule has 0 aromatic heterocycles. The summed E-state index contributed by atoms with van der Waals surface area (Å²) >= 11 is 5.99. The Morgan fingerprint density at radius 1 is 1.06 bits per heavy atom. The number of rotatable bonds is 6. The third-order valence-corrected chi connectivity index (χ3v) is 8.28. The van der Waals surface area contributed by atoms with Gasteiger partial charge >= 0.3 is 0 Å². The van der Waals surface area contributed by atoms with Crippen molar-refractivity contribution in [1.29, 1.82) is 0 Å². The van der Waals surface area contributed by atoms with Crippen LogP contribution in [0.3, 0.4) is 0 Å². The lowest BCUT2D eigenvalue weighted by atomic mass is 9.97. The lowest BCUT2D eigenvalue weighted by Crippen LogP contribution is -2.42. The second-order valence-electron chi connectivity index (χ2n) is 8.27. The molecule has 2 aromatic rings. The fraction of sp³-hybridized carbons (Fsp3) is 0.435. The molecule has 178 valence electrons. The van der Waals surface area contributed by atoms with Gasteiger partial charge in [0.25, 0.3) is 0 Å². The van der Waals surface area contributed by atoms with Crippen LogP contribution in [0.5, 0.6) is 0 Å². The number of anilines is 2. The Balaban J connectivity index is 1.30. The zero-order chi connectivity index (χ0) is 23.4. The van der Waals surface area contributed by atoms with E-state index in [-0.39, 0.29) is 35.5 Å². The Labute approximate surface area is 198 Å². The van der Waals surface area contributed by atoms with Gasteiger partial charge in [0.2, 0.25) is 15.9 Å². The molecule has 0 radical (unpaired) electrons. The number of carbonyl (C=O) groups excluding carboxylic acids is 1. The fourth-order valence-electron chi connectivity index (χ4n) is 4.16. The normalized spacial score (nSPS) is 18.3. The highest BCUT2D eigenvalue weighted by molar-refractivity contribution is 7.88. The molecule has 2 aliphatic rings. The van der Waals surface area contributed by atoms with Crippen molar-refractivity contribution in [3.8, 4) is 0 Å². The number of ether oxygens (including phenoxy) is 1. The third kappa shape index (κ3) is 5.84. The molecule has 1 N–H and O–H groups in total. The van der Waals surface area contributed by atoms with E-state index in [1.54, 1.807) is 0 Å². The average molecular weight is 496 g/mol. The summed E-state index contributed by atoms with van der Waals surface area (Å²) in [6, 6.07) is 11.8. The molecule has 2 heterocycles. The fourth-order valence-corrected chi connectivity index (χ4v) is 6.08. The van der Waals surface area contributed by atoms with Crippen molar-refractivity contribution in [3.63, 3.8) is 0 Å². The van der Waals surface area contributed by atoms with Crippen molar-refractivity contribution in [1.82, 2.24) is 4.31 Å². The van der Waals surface area contributed by atoms with Crippen LogP contribution in [0.4, 0.5) is 15.8 Å². The second-order valence-corrected chi connectivity index (χ2v) is 10.6. The number of sulfonamides is 1. The van der Waals surface area contributed by atoms with E-state index in [0.29, 0.717) is 31.7 Å². The molecule has 0 atom stereocenters. The zero-order valence-electron chi connectivity index (χ0n) is 18.2. The Morgan fingerprint density at radius 2 is 1.73 bits per heavy atom. The Morgan fingerprint density at radius 3 is 2.36 bits per heavy atom. The lowest BCUT2D eigenvalue weighted by Gasteiger charge is -2.31. The van der Waals surface area contributed by atoms with Crippen LogP contribution in [0.25, 0.3) is 0 Å². The molecule has 2 aliphatic heterocycles. The van der Waals surface area contributed by atoms with Gasteiger partial charge < -0.3 is 15.0 Å². The van der Waals surface area contributed by atoms with Gasteiger partial charge in [0.05, 0.1) is 19.0 Å². The number of piperidine rings is 1. The van der Waals surface area contributed by atoms with E-state index in [2.05, 4.69) is 10.2 Å². The maximum atomic E-state index is 14.0. The highest BCUT2D eigenvalue weighted by Crippen LogP contribution is 2.27. The quantitative estimate of drug-likeness (QED) is 0.663. The Hall–Kier alpha value is -2.20. The standard InChI is InChI=1S/C23H27ClFN3O4S/c24-21-2-1-3-22(25)20(21)16-33(30,31)28-10-8-17(9-11-28)23(29)26-18-4-6-19(7-5-18)27-12-14-32-15-13-27/h1-7,17H,8-16H2,(H,26,29). The van der Waals surface area contributed by atoms with Crippen LogP contribution in [0.2, 0.25) is 5.02 Å². The van der Waals surface area contributed by atoms with Crippen molar-refractivity contribution >= 4 is 38.9 Å². The monoisotopic (exact) mass is 495 g/mol. The van der Waals surface area contributed by atoms with Gasteiger partial charge in [0.15, 0.2) is 0 Å². The minimum Gasteiger partial charge on any atom is -0.378 e. The number of benzene rings is 2. The van der Waals surface area contributed by atoms with Crippen molar-refractivity contribution < 1.29 is 22.3 Å². The number of halogens is 2. The summed E-state index contributed by atoms with van der Waals surface area (Å²) in [4.78, 5) is 15.0. The second kappa shape index (κ2) is 10.4. The summed E-state index contributed by atoms with van der Waals surface area (Å²) in [5.41, 5.74) is 1.77. The number of nitrogens with zero attached hydrogens (tertiary/aromatic N) is 2. The molecule has 2 fully saturated rings. The largest absolute Gasteiger partial charge is 0.378 e. The first-order valence-electron chi connectivity index (χ1n) is 11.0. The van der Waals surface area contributed by atoms with E-state index in [1.165, 1.54) is 22.5 Å². The number of amides is 1. The molecule has 1 amide bonds. The van der Waals surface area contributed by atoms with Crippen LogP contribution < -0.4 is 10.2 Å². The average Bonchev–Trinajstić information content (AvgIpc) is 2.83. The summed E-state index contributed by atoms with van der Waals surface area (Å²) in [5.74, 6) is -1.54. The minimum absolute atomic E-state index is 0.0282. The number of morpholine rings is 1. The first-order chi connectivity index (χ1) is 15.8. The molecular formula is C23H27ClFN3O4S. The van der Waals surface area contributed by atoms with Gasteiger partial charge in [-0.3, -0.25) is 4.79 Å². The highest BCUT2D eigenvalue weighted by atomic mass is 35.5. The number of hydrogen-bond acceptors (Lipinski definition) is 5. The van der Waals surface area contributed by atoms with Crippen LogP contribution in [-0.4, -0.2) is 58.0 Å². The summed E-state index contributed by atoms with van der Waals surface area (Å²) in [5, 5.41) is 3.02. The summed E-state index contributed by atoms with van der Waals surface area (Å²) in [7, 11) is -3.74. The summed E-state index contributed by atoms with van der Waals surface area (Å²) in [6.07, 6.45) is 0.809. The molecular weight excluding hydrogens is 469 g/mol. The molecule has 2 saturated heterocycles. The van der Waals surface area contributed by atoms with E-state index >= 15 is 0 Å². The first kappa shape index (κ1) is 23.9. The number of carbonyl (C=O) groups is 1. The summed E-state index contributed by atoms with van der Waals surface area (Å²) in [6.45, 7) is 3.53. The van der Waals surface area contributed by atoms with E-state index < -0.39 is 21.6 Å². The molecule has 0 unspecified atom stereocenters. The maximum Gasteiger partial charge on any atom is 0.227 e. The highest BCUT2D eigenvalue weighted by Gasteiger charge is 2.32. The van der Waals surface area contributed by atoms with Crippen molar-refractivity contribution in [2.75, 3.05) is 49.6 Å². The third-order valence-electron chi connectivity index (χ3n) is 6.12. The molecule has 2 aromatic carbocycles. The van der Waals surface area contributed by atoms with Gasteiger partial charge in [-0.05, 0) is 49.2 Å². The molecule has 4 rings (SSSR count). The Kier molecular flexibility index (Phi) is 7.53. The number of hydrogen-bond donors (Lipinski definition) is 1. The molecule has 7 nitrogen and oxygen atoms in total. The van der Waals surface area contributed by atoms with E-state index in [0.717, 1.165) is 18.8 Å². The van der Waals surface area contributed by atoms with Gasteiger partial charge in [-0.15, -0.1) is 0 Å². The predicted molar refractivity (Wildman–Crippen MR) is 126 cm³/mol. The molecule has 33 heavy (non-hydrogen) atoms. The Bertz CT molecular complexity index is 1060. The van der Waals surface area contributed by atoms with Crippen molar-refractivity contribution in [3.05, 3.63) is 58.9 Å². The van der Waals surface area contributed by atoms with Crippen molar-refractivity contribution in [2.45, 2.75) is 18.6 Å². The van der Waals surface area contributed by atoms with Crippen LogP contribution in [-0.2, 0) is 25.3 Å². The van der Waals surface area contributed by atoms with Crippen LogP contribution in [0.1, 0.15) is 18.4 Å². The smallest absolute Gasteiger partial charge is 0.227 e. The van der Waals surface area contributed by atoms with Gasteiger partial charge in [-0.25, -0.2) is 17.1 Å². The predicted octanol–water partition coefficient (Wildman–Crippen LogP) is 3.50. The van der Waals surface area contributed by atoms with Gasteiger partial charge in [0, 0.05) is 54.1 Å². The molecule has 10 heteroatoms. The zero-order valence-corrected chi connectivity index (χ0v) is 19.7. The summed E-state index contributed by atoms with van der Waals surface area (Å²) < 4.78 is 46.3. The van der Waals surface area contributed by atoms with E-state index in [1.807, 2.05) is 24.3 Å². The topological polar surface area (TPSA) is 79.0 Å². The van der Waals surface area contributed by atoms with Crippen molar-refractivity contribution in [2.24, 2.45) is 5.92 Å². The van der Waals surface area contributed by atoms with Gasteiger partial charge in [0.1, 0.15) is 5.82 Å². The molecule has 0 saturated carbocycles. The van der Waals surface area contributed by atoms with Crippen LogP contribution >= 0.6 is 11.6 Å². The van der Waals surface area contributed by atoms with Crippen LogP contribution in [0, 0.1) is 11.7 Å². The molecule has 0 bridgehead atoms. The lowest BCUT2D eigenvalue weighted by molar-refractivity contribution is -0.120. The number of nitrogens with one attached hydrogen (secondary N) is 1. The van der Waals surface area contributed by atoms with E-state index in [9.17, 15) is 17.6 Å². The van der Waals surface area contributed by atoms with Gasteiger partial charge in [-0.1, -0.05) is 17.7 Å². The SMILES string of the molecule is O=C(Nc1ccc(N2CCOCC2)cc1)C1CCN(S(=O)(=O)Cc2c(F)cccc2Cl)CC1.